The fourth-order valence-electron chi connectivity index (χ4n) is 1.13. The lowest BCUT2D eigenvalue weighted by atomic mass is 10.1. The zero-order chi connectivity index (χ0) is 10.8. The molecule has 3 N–H and O–H groups in total. The molecule has 0 aliphatic rings. The highest BCUT2D eigenvalue weighted by atomic mass is 16.3. The molecule has 1 atom stereocenters. The number of rotatable bonds is 8. The van der Waals surface area contributed by atoms with Crippen LogP contribution in [-0.4, -0.2) is 37.3 Å². The van der Waals surface area contributed by atoms with Crippen molar-refractivity contribution in [3.8, 4) is 0 Å². The molecule has 0 aromatic rings. The number of likely N-dealkylation sites (N-methyl/N-ethyl adjacent to an activating group) is 1. The summed E-state index contributed by atoms with van der Waals surface area (Å²) in [6, 6.07) is 0. The van der Waals surface area contributed by atoms with Gasteiger partial charge in [-0.1, -0.05) is 6.92 Å². The lowest BCUT2D eigenvalue weighted by molar-refractivity contribution is -0.120. The Labute approximate surface area is 86.1 Å². The van der Waals surface area contributed by atoms with Gasteiger partial charge in [0.15, 0.2) is 0 Å². The molecule has 0 saturated heterocycles. The molecule has 0 bridgehead atoms. The van der Waals surface area contributed by atoms with E-state index >= 15 is 0 Å². The van der Waals surface area contributed by atoms with E-state index in [1.807, 2.05) is 13.8 Å². The molecular weight excluding hydrogens is 180 g/mol. The Morgan fingerprint density at radius 3 is 2.79 bits per heavy atom. The standard InChI is InChI=1S/C10H22N2O2/c1-3-12-10(14)7-11-6-4-5-9(2)8-13/h9,11,13H,3-8H2,1-2H3,(H,12,14). The second-order valence-corrected chi connectivity index (χ2v) is 3.56. The summed E-state index contributed by atoms with van der Waals surface area (Å²) < 4.78 is 0. The van der Waals surface area contributed by atoms with Crippen LogP contribution >= 0.6 is 0 Å². The Morgan fingerprint density at radius 2 is 2.21 bits per heavy atom. The van der Waals surface area contributed by atoms with Crippen molar-refractivity contribution < 1.29 is 9.90 Å². The van der Waals surface area contributed by atoms with Crippen molar-refractivity contribution in [1.82, 2.24) is 10.6 Å². The molecule has 0 radical (unpaired) electrons. The van der Waals surface area contributed by atoms with Crippen LogP contribution < -0.4 is 10.6 Å². The van der Waals surface area contributed by atoms with E-state index in [9.17, 15) is 4.79 Å². The SMILES string of the molecule is CCNC(=O)CNCCCC(C)CO. The third-order valence-electron chi connectivity index (χ3n) is 2.02. The van der Waals surface area contributed by atoms with Gasteiger partial charge in [0.1, 0.15) is 0 Å². The van der Waals surface area contributed by atoms with Crippen molar-refractivity contribution in [2.24, 2.45) is 5.92 Å². The predicted molar refractivity (Wildman–Crippen MR) is 57.0 cm³/mol. The summed E-state index contributed by atoms with van der Waals surface area (Å²) >= 11 is 0. The van der Waals surface area contributed by atoms with Crippen LogP contribution in [0.15, 0.2) is 0 Å². The van der Waals surface area contributed by atoms with Crippen molar-refractivity contribution in [2.75, 3.05) is 26.2 Å². The van der Waals surface area contributed by atoms with E-state index in [1.165, 1.54) is 0 Å². The first-order valence-corrected chi connectivity index (χ1v) is 5.29. The highest BCUT2D eigenvalue weighted by Crippen LogP contribution is 2.02. The van der Waals surface area contributed by atoms with E-state index in [1.54, 1.807) is 0 Å². The summed E-state index contributed by atoms with van der Waals surface area (Å²) in [5, 5.41) is 14.5. The third-order valence-corrected chi connectivity index (χ3v) is 2.02. The van der Waals surface area contributed by atoms with E-state index in [2.05, 4.69) is 10.6 Å². The number of hydrogen-bond donors (Lipinski definition) is 3. The van der Waals surface area contributed by atoms with Gasteiger partial charge in [-0.15, -0.1) is 0 Å². The second kappa shape index (κ2) is 8.97. The van der Waals surface area contributed by atoms with E-state index in [-0.39, 0.29) is 12.5 Å². The van der Waals surface area contributed by atoms with Crippen LogP contribution in [0.2, 0.25) is 0 Å². The lowest BCUT2D eigenvalue weighted by Gasteiger charge is -2.08. The fourth-order valence-corrected chi connectivity index (χ4v) is 1.13. The van der Waals surface area contributed by atoms with Crippen molar-refractivity contribution >= 4 is 5.91 Å². The minimum absolute atomic E-state index is 0.0442. The molecule has 14 heavy (non-hydrogen) atoms. The Balaban J connectivity index is 3.17. The van der Waals surface area contributed by atoms with Crippen LogP contribution in [0.3, 0.4) is 0 Å². The molecule has 0 rings (SSSR count). The van der Waals surface area contributed by atoms with Gasteiger partial charge in [-0.05, 0) is 32.2 Å². The number of aliphatic hydroxyl groups is 1. The molecule has 0 spiro atoms. The smallest absolute Gasteiger partial charge is 0.233 e. The molecule has 0 heterocycles. The maximum Gasteiger partial charge on any atom is 0.233 e. The fraction of sp³-hybridized carbons (Fsp3) is 0.900. The summed E-state index contributed by atoms with van der Waals surface area (Å²) in [5.74, 6) is 0.406. The zero-order valence-electron chi connectivity index (χ0n) is 9.18. The Bertz CT molecular complexity index is 151. The van der Waals surface area contributed by atoms with Crippen LogP contribution in [0.4, 0.5) is 0 Å². The van der Waals surface area contributed by atoms with Crippen molar-refractivity contribution in [2.45, 2.75) is 26.7 Å². The van der Waals surface area contributed by atoms with Gasteiger partial charge >= 0.3 is 0 Å². The third kappa shape index (κ3) is 8.01. The molecule has 1 amide bonds. The van der Waals surface area contributed by atoms with E-state index < -0.39 is 0 Å². The zero-order valence-corrected chi connectivity index (χ0v) is 9.18. The summed E-state index contributed by atoms with van der Waals surface area (Å²) in [4.78, 5) is 11.0. The van der Waals surface area contributed by atoms with E-state index in [4.69, 9.17) is 5.11 Å². The minimum atomic E-state index is 0.0442. The van der Waals surface area contributed by atoms with Gasteiger partial charge in [-0.2, -0.15) is 0 Å². The number of carbonyl (C=O) groups is 1. The van der Waals surface area contributed by atoms with Crippen LogP contribution in [-0.2, 0) is 4.79 Å². The van der Waals surface area contributed by atoms with E-state index in [0.717, 1.165) is 19.4 Å². The highest BCUT2D eigenvalue weighted by molar-refractivity contribution is 5.77. The topological polar surface area (TPSA) is 61.4 Å². The van der Waals surface area contributed by atoms with Gasteiger partial charge in [0.25, 0.3) is 0 Å². The number of amides is 1. The number of carbonyl (C=O) groups excluding carboxylic acids is 1. The average Bonchev–Trinajstić information content (AvgIpc) is 2.17. The van der Waals surface area contributed by atoms with Crippen LogP contribution in [0.1, 0.15) is 26.7 Å². The molecule has 4 nitrogen and oxygen atoms in total. The lowest BCUT2D eigenvalue weighted by Crippen LogP contribution is -2.34. The van der Waals surface area contributed by atoms with Crippen molar-refractivity contribution in [3.63, 3.8) is 0 Å². The van der Waals surface area contributed by atoms with Crippen molar-refractivity contribution in [3.05, 3.63) is 0 Å². The number of aliphatic hydroxyl groups excluding tert-OH is 1. The second-order valence-electron chi connectivity index (χ2n) is 3.56. The van der Waals surface area contributed by atoms with Gasteiger partial charge in [0, 0.05) is 13.2 Å². The summed E-state index contributed by atoms with van der Waals surface area (Å²) in [6.07, 6.45) is 2.00. The predicted octanol–water partition coefficient (Wildman–Crippen LogP) is 0.121. The van der Waals surface area contributed by atoms with Gasteiger partial charge in [-0.25, -0.2) is 0 Å². The summed E-state index contributed by atoms with van der Waals surface area (Å²) in [7, 11) is 0. The van der Waals surface area contributed by atoms with Gasteiger partial charge in [-0.3, -0.25) is 4.79 Å². The molecule has 0 fully saturated rings. The molecular formula is C10H22N2O2. The maximum atomic E-state index is 11.0. The minimum Gasteiger partial charge on any atom is -0.396 e. The molecule has 0 aliphatic heterocycles. The molecule has 0 saturated carbocycles. The molecule has 0 aromatic carbocycles. The van der Waals surface area contributed by atoms with Gasteiger partial charge < -0.3 is 15.7 Å². The average molecular weight is 202 g/mol. The first kappa shape index (κ1) is 13.4. The van der Waals surface area contributed by atoms with Gasteiger partial charge in [0.05, 0.1) is 6.54 Å². The molecule has 0 aliphatic carbocycles. The monoisotopic (exact) mass is 202 g/mol. The highest BCUT2D eigenvalue weighted by Gasteiger charge is 2.00. The quantitative estimate of drug-likeness (QED) is 0.490. The first-order chi connectivity index (χ1) is 6.70. The van der Waals surface area contributed by atoms with Crippen molar-refractivity contribution in [1.29, 1.82) is 0 Å². The Kier molecular flexibility index (Phi) is 8.57. The largest absolute Gasteiger partial charge is 0.396 e. The van der Waals surface area contributed by atoms with Crippen LogP contribution in [0.5, 0.6) is 0 Å². The van der Waals surface area contributed by atoms with Crippen LogP contribution in [0.25, 0.3) is 0 Å². The molecule has 0 aromatic heterocycles. The van der Waals surface area contributed by atoms with E-state index in [0.29, 0.717) is 19.0 Å². The number of hydrogen-bond acceptors (Lipinski definition) is 3. The van der Waals surface area contributed by atoms with Crippen LogP contribution in [0, 0.1) is 5.92 Å². The first-order valence-electron chi connectivity index (χ1n) is 5.29. The number of nitrogens with one attached hydrogen (secondary N) is 2. The normalized spacial score (nSPS) is 12.5. The molecule has 84 valence electrons. The Morgan fingerprint density at radius 1 is 1.50 bits per heavy atom. The van der Waals surface area contributed by atoms with Gasteiger partial charge in [0.2, 0.25) is 5.91 Å². The molecule has 1 unspecified atom stereocenters. The Hall–Kier alpha value is -0.610. The maximum absolute atomic E-state index is 11.0. The molecule has 4 heteroatoms. The summed E-state index contributed by atoms with van der Waals surface area (Å²) in [5.41, 5.74) is 0. The summed E-state index contributed by atoms with van der Waals surface area (Å²) in [6.45, 7) is 6.08.